The van der Waals surface area contributed by atoms with E-state index in [4.69, 9.17) is 19.7 Å². The molecule has 0 heterocycles. The lowest BCUT2D eigenvalue weighted by molar-refractivity contribution is -0.165. The van der Waals surface area contributed by atoms with Crippen molar-refractivity contribution in [3.63, 3.8) is 0 Å². The van der Waals surface area contributed by atoms with E-state index >= 15 is 0 Å². The van der Waals surface area contributed by atoms with E-state index in [0.29, 0.717) is 13.2 Å². The molecule has 0 aromatic rings. The van der Waals surface area contributed by atoms with E-state index in [1.165, 1.54) is 0 Å². The van der Waals surface area contributed by atoms with Crippen LogP contribution in [0.4, 0.5) is 0 Å². The summed E-state index contributed by atoms with van der Waals surface area (Å²) in [6.07, 6.45) is 1.69. The highest BCUT2D eigenvalue weighted by molar-refractivity contribution is 5.73. The molecule has 2 unspecified atom stereocenters. The maximum atomic E-state index is 11.0. The van der Waals surface area contributed by atoms with Crippen LogP contribution in [0.3, 0.4) is 0 Å². The first-order chi connectivity index (χ1) is 8.17. The molecule has 2 N–H and O–H groups in total. The van der Waals surface area contributed by atoms with E-state index in [1.807, 2.05) is 13.8 Å². The molecule has 0 rings (SSSR count). The summed E-state index contributed by atoms with van der Waals surface area (Å²) in [5.74, 6) is -1.09. The number of unbranched alkanes of at least 4 members (excludes halogenated alkanes) is 2. The van der Waals surface area contributed by atoms with E-state index in [-0.39, 0.29) is 6.61 Å². The molecule has 5 nitrogen and oxygen atoms in total. The van der Waals surface area contributed by atoms with Crippen molar-refractivity contribution in [2.45, 2.75) is 51.7 Å². The number of aliphatic hydroxyl groups excluding tert-OH is 1. The number of hydrogen-bond donors (Lipinski definition) is 2. The monoisotopic (exact) mass is 248 g/mol. The number of ether oxygens (including phenoxy) is 2. The second-order valence-corrected chi connectivity index (χ2v) is 3.93. The molecule has 102 valence electrons. The van der Waals surface area contributed by atoms with E-state index in [9.17, 15) is 4.79 Å². The van der Waals surface area contributed by atoms with Crippen molar-refractivity contribution in [1.82, 2.24) is 0 Å². The molecule has 0 saturated heterocycles. The van der Waals surface area contributed by atoms with E-state index < -0.39 is 18.2 Å². The maximum Gasteiger partial charge on any atom is 0.335 e. The third-order valence-corrected chi connectivity index (χ3v) is 2.39. The summed E-state index contributed by atoms with van der Waals surface area (Å²) in [6, 6.07) is 0. The maximum absolute atomic E-state index is 11.0. The zero-order chi connectivity index (χ0) is 13.1. The average Bonchev–Trinajstić information content (AvgIpc) is 2.31. The molecule has 0 aromatic heterocycles. The molecular weight excluding hydrogens is 224 g/mol. The number of carbonyl (C=O) groups is 1. The average molecular weight is 248 g/mol. The van der Waals surface area contributed by atoms with Gasteiger partial charge in [0.15, 0.2) is 6.10 Å². The Balaban J connectivity index is 4.16. The molecule has 17 heavy (non-hydrogen) atoms. The lowest BCUT2D eigenvalue weighted by Gasteiger charge is -2.22. The lowest BCUT2D eigenvalue weighted by atomic mass is 10.2. The van der Waals surface area contributed by atoms with Gasteiger partial charge in [0.2, 0.25) is 0 Å². The van der Waals surface area contributed by atoms with Crippen molar-refractivity contribution < 1.29 is 24.5 Å². The van der Waals surface area contributed by atoms with Gasteiger partial charge in [0, 0.05) is 13.2 Å². The van der Waals surface area contributed by atoms with Gasteiger partial charge in [-0.15, -0.1) is 0 Å². The summed E-state index contributed by atoms with van der Waals surface area (Å²) in [6.45, 7) is 4.50. The van der Waals surface area contributed by atoms with Gasteiger partial charge in [-0.1, -0.05) is 26.7 Å². The summed E-state index contributed by atoms with van der Waals surface area (Å²) in [5.41, 5.74) is 0. The zero-order valence-electron chi connectivity index (χ0n) is 10.7. The standard InChI is InChI=1S/C12H24O5/c1-3-5-7-16-10(9-13)11(12(14)15)17-8-6-4-2/h10-11,13H,3-9H2,1-2H3,(H,14,15). The predicted molar refractivity (Wildman–Crippen MR) is 64.0 cm³/mol. The quantitative estimate of drug-likeness (QED) is 0.541. The first kappa shape index (κ1) is 16.4. The highest BCUT2D eigenvalue weighted by atomic mass is 16.6. The normalized spacial score (nSPS) is 14.5. The molecule has 0 bridgehead atoms. The first-order valence-electron chi connectivity index (χ1n) is 6.24. The summed E-state index contributed by atoms with van der Waals surface area (Å²) in [4.78, 5) is 11.0. The fraction of sp³-hybridized carbons (Fsp3) is 0.917. The van der Waals surface area contributed by atoms with Crippen LogP contribution in [0.1, 0.15) is 39.5 Å². The summed E-state index contributed by atoms with van der Waals surface area (Å²) < 4.78 is 10.6. The minimum absolute atomic E-state index is 0.340. The molecule has 5 heteroatoms. The summed E-state index contributed by atoms with van der Waals surface area (Å²) in [7, 11) is 0. The van der Waals surface area contributed by atoms with Crippen LogP contribution >= 0.6 is 0 Å². The van der Waals surface area contributed by atoms with Gasteiger partial charge in [-0.3, -0.25) is 0 Å². The second kappa shape index (κ2) is 10.5. The largest absolute Gasteiger partial charge is 0.479 e. The molecule has 0 spiro atoms. The van der Waals surface area contributed by atoms with E-state index in [2.05, 4.69) is 0 Å². The van der Waals surface area contributed by atoms with Crippen molar-refractivity contribution in [1.29, 1.82) is 0 Å². The summed E-state index contributed by atoms with van der Waals surface area (Å²) >= 11 is 0. The van der Waals surface area contributed by atoms with Crippen molar-refractivity contribution in [2.24, 2.45) is 0 Å². The van der Waals surface area contributed by atoms with Gasteiger partial charge in [-0.2, -0.15) is 0 Å². The van der Waals surface area contributed by atoms with Crippen molar-refractivity contribution in [3.8, 4) is 0 Å². The van der Waals surface area contributed by atoms with Crippen LogP contribution in [0, 0.1) is 0 Å². The minimum atomic E-state index is -1.09. The molecule has 0 amide bonds. The number of carboxylic acids is 1. The van der Waals surface area contributed by atoms with Gasteiger partial charge in [-0.05, 0) is 12.8 Å². The number of aliphatic hydroxyl groups is 1. The zero-order valence-corrected chi connectivity index (χ0v) is 10.7. The Bertz CT molecular complexity index is 195. The van der Waals surface area contributed by atoms with Crippen LogP contribution in [0.25, 0.3) is 0 Å². The van der Waals surface area contributed by atoms with Crippen LogP contribution in [0.2, 0.25) is 0 Å². The Morgan fingerprint density at radius 1 is 1.12 bits per heavy atom. The predicted octanol–water partition coefficient (Wildman–Crippen LogP) is 1.43. The Morgan fingerprint density at radius 3 is 2.06 bits per heavy atom. The molecule has 0 aliphatic heterocycles. The highest BCUT2D eigenvalue weighted by Gasteiger charge is 2.29. The molecule has 0 aliphatic rings. The van der Waals surface area contributed by atoms with Crippen LogP contribution in [0.5, 0.6) is 0 Å². The smallest absolute Gasteiger partial charge is 0.335 e. The Labute approximate surface area is 103 Å². The molecule has 0 aliphatic carbocycles. The van der Waals surface area contributed by atoms with Gasteiger partial charge in [-0.25, -0.2) is 4.79 Å². The van der Waals surface area contributed by atoms with Crippen molar-refractivity contribution in [3.05, 3.63) is 0 Å². The van der Waals surface area contributed by atoms with Gasteiger partial charge in [0.25, 0.3) is 0 Å². The summed E-state index contributed by atoms with van der Waals surface area (Å²) in [5, 5.41) is 18.1. The molecule has 0 saturated carbocycles. The number of rotatable bonds is 11. The van der Waals surface area contributed by atoms with Crippen molar-refractivity contribution in [2.75, 3.05) is 19.8 Å². The lowest BCUT2D eigenvalue weighted by Crippen LogP contribution is -2.41. The minimum Gasteiger partial charge on any atom is -0.479 e. The van der Waals surface area contributed by atoms with Crippen LogP contribution in [-0.2, 0) is 14.3 Å². The van der Waals surface area contributed by atoms with E-state index in [1.54, 1.807) is 0 Å². The molecule has 2 atom stereocenters. The number of carboxylic acid groups (broad SMARTS) is 1. The van der Waals surface area contributed by atoms with E-state index in [0.717, 1.165) is 25.7 Å². The molecule has 0 aromatic carbocycles. The highest BCUT2D eigenvalue weighted by Crippen LogP contribution is 2.07. The van der Waals surface area contributed by atoms with Gasteiger partial charge in [0.1, 0.15) is 6.10 Å². The third-order valence-electron chi connectivity index (χ3n) is 2.39. The first-order valence-corrected chi connectivity index (χ1v) is 6.24. The van der Waals surface area contributed by atoms with Crippen LogP contribution in [-0.4, -0.2) is 48.2 Å². The van der Waals surface area contributed by atoms with Gasteiger partial charge < -0.3 is 19.7 Å². The van der Waals surface area contributed by atoms with Gasteiger partial charge >= 0.3 is 5.97 Å². The molecule has 0 radical (unpaired) electrons. The van der Waals surface area contributed by atoms with Crippen LogP contribution in [0.15, 0.2) is 0 Å². The topological polar surface area (TPSA) is 76.0 Å². The Morgan fingerprint density at radius 2 is 1.65 bits per heavy atom. The fourth-order valence-electron chi connectivity index (χ4n) is 1.31. The Hall–Kier alpha value is -0.650. The molecule has 0 fully saturated rings. The second-order valence-electron chi connectivity index (χ2n) is 3.93. The van der Waals surface area contributed by atoms with Crippen molar-refractivity contribution >= 4 is 5.97 Å². The molecular formula is C12H24O5. The number of aliphatic carboxylic acids is 1. The fourth-order valence-corrected chi connectivity index (χ4v) is 1.31. The SMILES string of the molecule is CCCCOC(CO)C(OCCCC)C(=O)O. The van der Waals surface area contributed by atoms with Crippen LogP contribution < -0.4 is 0 Å². The Kier molecular flexibility index (Phi) is 10.1. The van der Waals surface area contributed by atoms with Gasteiger partial charge in [0.05, 0.1) is 6.61 Å². The third kappa shape index (κ3) is 7.31. The number of hydrogen-bond acceptors (Lipinski definition) is 4.